The van der Waals surface area contributed by atoms with Gasteiger partial charge in [0.15, 0.2) is 0 Å². The van der Waals surface area contributed by atoms with E-state index in [0.29, 0.717) is 12.3 Å². The Kier molecular flexibility index (Phi) is 6.72. The van der Waals surface area contributed by atoms with Crippen LogP contribution in [0.25, 0.3) is 0 Å². The van der Waals surface area contributed by atoms with Crippen LogP contribution >= 0.6 is 11.3 Å². The highest BCUT2D eigenvalue weighted by Crippen LogP contribution is 2.16. The summed E-state index contributed by atoms with van der Waals surface area (Å²) >= 11 is 1.66. The molecule has 130 valence electrons. The summed E-state index contributed by atoms with van der Waals surface area (Å²) in [7, 11) is 1.96. The van der Waals surface area contributed by atoms with Gasteiger partial charge in [0.1, 0.15) is 18.5 Å². The van der Waals surface area contributed by atoms with Gasteiger partial charge in [-0.05, 0) is 38.2 Å². The molecule has 0 saturated heterocycles. The first kappa shape index (κ1) is 18.4. The molecule has 2 N–H and O–H groups in total. The second-order valence-corrected chi connectivity index (χ2v) is 7.03. The van der Waals surface area contributed by atoms with Crippen molar-refractivity contribution in [1.29, 1.82) is 0 Å². The van der Waals surface area contributed by atoms with Crippen molar-refractivity contribution in [1.82, 2.24) is 9.88 Å². The summed E-state index contributed by atoms with van der Waals surface area (Å²) < 4.78 is 5.58. The highest BCUT2D eigenvalue weighted by atomic mass is 32.1. The van der Waals surface area contributed by atoms with Crippen LogP contribution < -0.4 is 10.1 Å². The lowest BCUT2D eigenvalue weighted by Gasteiger charge is -2.20. The standard InChI is InChI=1S/C17H23N3O3S/c1-12(21)19-14-4-6-16(7-5-14)23-11-15(22)9-20(3)10-17-8-18-13(2)24-17/h4-8,15,22H,9-11H2,1-3H3,(H,19,21)/t15-/m0/s1. The maximum absolute atomic E-state index is 11.0. The van der Waals surface area contributed by atoms with Crippen LogP contribution in [0.4, 0.5) is 5.69 Å². The van der Waals surface area contributed by atoms with Crippen molar-refractivity contribution in [2.24, 2.45) is 0 Å². The molecule has 1 heterocycles. The molecule has 2 aromatic rings. The molecule has 1 aromatic heterocycles. The van der Waals surface area contributed by atoms with E-state index in [9.17, 15) is 9.90 Å². The first-order chi connectivity index (χ1) is 11.4. The summed E-state index contributed by atoms with van der Waals surface area (Å²) in [5, 5.41) is 13.8. The van der Waals surface area contributed by atoms with Gasteiger partial charge >= 0.3 is 0 Å². The largest absolute Gasteiger partial charge is 0.491 e. The maximum atomic E-state index is 11.0. The summed E-state index contributed by atoms with van der Waals surface area (Å²) in [6.45, 7) is 4.93. The zero-order valence-electron chi connectivity index (χ0n) is 14.2. The molecule has 6 nitrogen and oxygen atoms in total. The number of likely N-dealkylation sites (N-methyl/N-ethyl adjacent to an activating group) is 1. The first-order valence-corrected chi connectivity index (χ1v) is 8.52. The fourth-order valence-corrected chi connectivity index (χ4v) is 3.13. The van der Waals surface area contributed by atoms with Crippen molar-refractivity contribution in [3.8, 4) is 5.75 Å². The Balaban J connectivity index is 1.73. The van der Waals surface area contributed by atoms with Gasteiger partial charge in [-0.2, -0.15) is 0 Å². The molecule has 0 aliphatic heterocycles. The molecule has 0 unspecified atom stereocenters. The second-order valence-electron chi connectivity index (χ2n) is 5.71. The van der Waals surface area contributed by atoms with Crippen LogP contribution in [0, 0.1) is 6.92 Å². The fraction of sp³-hybridized carbons (Fsp3) is 0.412. The molecule has 0 saturated carbocycles. The molecular weight excluding hydrogens is 326 g/mol. The number of aromatic nitrogens is 1. The second kappa shape index (κ2) is 8.77. The molecule has 1 aromatic carbocycles. The Morgan fingerprint density at radius 2 is 2.12 bits per heavy atom. The lowest BCUT2D eigenvalue weighted by atomic mass is 10.3. The van der Waals surface area contributed by atoms with E-state index in [1.54, 1.807) is 35.6 Å². The van der Waals surface area contributed by atoms with Crippen LogP contribution in [0.1, 0.15) is 16.8 Å². The number of aryl methyl sites for hydroxylation is 1. The quantitative estimate of drug-likeness (QED) is 0.765. The minimum absolute atomic E-state index is 0.113. The van der Waals surface area contributed by atoms with Crippen LogP contribution in [-0.4, -0.2) is 47.2 Å². The third-order valence-electron chi connectivity index (χ3n) is 3.23. The highest BCUT2D eigenvalue weighted by Gasteiger charge is 2.11. The minimum Gasteiger partial charge on any atom is -0.491 e. The number of carbonyl (C=O) groups is 1. The van der Waals surface area contributed by atoms with Gasteiger partial charge < -0.3 is 15.2 Å². The molecule has 0 spiro atoms. The molecule has 0 radical (unpaired) electrons. The summed E-state index contributed by atoms with van der Waals surface area (Å²) in [4.78, 5) is 18.4. The number of benzene rings is 1. The number of nitrogens with one attached hydrogen (secondary N) is 1. The number of hydrogen-bond donors (Lipinski definition) is 2. The van der Waals surface area contributed by atoms with E-state index in [0.717, 1.165) is 17.2 Å². The third kappa shape index (κ3) is 6.27. The van der Waals surface area contributed by atoms with Gasteiger partial charge in [-0.3, -0.25) is 9.69 Å². The summed E-state index contributed by atoms with van der Waals surface area (Å²) in [6, 6.07) is 7.06. The first-order valence-electron chi connectivity index (χ1n) is 7.70. The number of anilines is 1. The van der Waals surface area contributed by atoms with E-state index in [2.05, 4.69) is 10.3 Å². The molecule has 1 amide bonds. The van der Waals surface area contributed by atoms with Gasteiger partial charge in [0, 0.05) is 36.8 Å². The van der Waals surface area contributed by atoms with Crippen molar-refractivity contribution in [2.75, 3.05) is 25.5 Å². The Morgan fingerprint density at radius 1 is 1.42 bits per heavy atom. The van der Waals surface area contributed by atoms with Crippen LogP contribution in [-0.2, 0) is 11.3 Å². The van der Waals surface area contributed by atoms with Gasteiger partial charge in [0.25, 0.3) is 0 Å². The van der Waals surface area contributed by atoms with Crippen molar-refractivity contribution < 1.29 is 14.6 Å². The molecule has 0 aliphatic rings. The van der Waals surface area contributed by atoms with Gasteiger partial charge in [-0.25, -0.2) is 4.98 Å². The lowest BCUT2D eigenvalue weighted by molar-refractivity contribution is -0.114. The molecule has 0 fully saturated rings. The van der Waals surface area contributed by atoms with Crippen LogP contribution in [0.15, 0.2) is 30.5 Å². The van der Waals surface area contributed by atoms with Crippen LogP contribution in [0.5, 0.6) is 5.75 Å². The van der Waals surface area contributed by atoms with E-state index in [1.807, 2.05) is 25.1 Å². The smallest absolute Gasteiger partial charge is 0.221 e. The van der Waals surface area contributed by atoms with Crippen LogP contribution in [0.2, 0.25) is 0 Å². The topological polar surface area (TPSA) is 74.7 Å². The SMILES string of the molecule is CC(=O)Nc1ccc(OC[C@@H](O)CN(C)Cc2cnc(C)s2)cc1. The van der Waals surface area contributed by atoms with E-state index >= 15 is 0 Å². The minimum atomic E-state index is -0.584. The van der Waals surface area contributed by atoms with E-state index in [4.69, 9.17) is 4.74 Å². The van der Waals surface area contributed by atoms with Crippen LogP contribution in [0.3, 0.4) is 0 Å². The Bertz CT molecular complexity index is 657. The van der Waals surface area contributed by atoms with Crippen molar-refractivity contribution >= 4 is 22.9 Å². The summed E-state index contributed by atoms with van der Waals surface area (Å²) in [5.41, 5.74) is 0.718. The number of aliphatic hydroxyl groups is 1. The number of ether oxygens (including phenoxy) is 1. The predicted octanol–water partition coefficient (Wildman–Crippen LogP) is 2.28. The van der Waals surface area contributed by atoms with Crippen molar-refractivity contribution in [2.45, 2.75) is 26.5 Å². The number of nitrogens with zero attached hydrogens (tertiary/aromatic N) is 2. The van der Waals surface area contributed by atoms with Gasteiger partial charge in [-0.1, -0.05) is 0 Å². The highest BCUT2D eigenvalue weighted by molar-refractivity contribution is 7.11. The molecule has 1 atom stereocenters. The van der Waals surface area contributed by atoms with E-state index in [-0.39, 0.29) is 12.5 Å². The van der Waals surface area contributed by atoms with Crippen molar-refractivity contribution in [3.05, 3.63) is 40.3 Å². The summed E-state index contributed by atoms with van der Waals surface area (Å²) in [6.07, 6.45) is 1.29. The number of rotatable bonds is 8. The molecule has 0 aliphatic carbocycles. The van der Waals surface area contributed by atoms with E-state index in [1.165, 1.54) is 11.8 Å². The molecule has 2 rings (SSSR count). The Morgan fingerprint density at radius 3 is 2.71 bits per heavy atom. The molecule has 0 bridgehead atoms. The normalized spacial score (nSPS) is 12.2. The Labute approximate surface area is 146 Å². The molecular formula is C17H23N3O3S. The number of hydrogen-bond acceptors (Lipinski definition) is 6. The number of thiazole rings is 1. The van der Waals surface area contributed by atoms with E-state index < -0.39 is 6.10 Å². The Hall–Kier alpha value is -1.96. The monoisotopic (exact) mass is 349 g/mol. The third-order valence-corrected chi connectivity index (χ3v) is 4.13. The zero-order valence-corrected chi connectivity index (χ0v) is 15.0. The number of aliphatic hydroxyl groups excluding tert-OH is 1. The average molecular weight is 349 g/mol. The molecule has 24 heavy (non-hydrogen) atoms. The van der Waals surface area contributed by atoms with Gasteiger partial charge in [0.05, 0.1) is 5.01 Å². The summed E-state index contributed by atoms with van der Waals surface area (Å²) in [5.74, 6) is 0.544. The number of carbonyl (C=O) groups excluding carboxylic acids is 1. The average Bonchev–Trinajstić information content (AvgIpc) is 2.91. The van der Waals surface area contributed by atoms with Crippen molar-refractivity contribution in [3.63, 3.8) is 0 Å². The van der Waals surface area contributed by atoms with Gasteiger partial charge in [0.2, 0.25) is 5.91 Å². The predicted molar refractivity (Wildman–Crippen MR) is 95.4 cm³/mol. The lowest BCUT2D eigenvalue weighted by Crippen LogP contribution is -2.32. The van der Waals surface area contributed by atoms with Gasteiger partial charge in [-0.15, -0.1) is 11.3 Å². The molecule has 7 heteroatoms. The maximum Gasteiger partial charge on any atom is 0.221 e. The number of amides is 1. The zero-order chi connectivity index (χ0) is 17.5. The fourth-order valence-electron chi connectivity index (χ4n) is 2.25.